The third-order valence-corrected chi connectivity index (χ3v) is 2.57. The Labute approximate surface area is 102 Å². The number of aryl methyl sites for hydroxylation is 1. The summed E-state index contributed by atoms with van der Waals surface area (Å²) in [7, 11) is 0. The highest BCUT2D eigenvalue weighted by atomic mass is 15.2. The Hall–Kier alpha value is -2.03. The first kappa shape index (κ1) is 11.5. The van der Waals surface area contributed by atoms with Gasteiger partial charge in [-0.15, -0.1) is 6.58 Å². The van der Waals surface area contributed by atoms with Crippen LogP contribution in [0.5, 0.6) is 0 Å². The van der Waals surface area contributed by atoms with E-state index in [9.17, 15) is 0 Å². The molecule has 0 fully saturated rings. The van der Waals surface area contributed by atoms with Crippen molar-refractivity contribution in [1.82, 2.24) is 9.55 Å². The van der Waals surface area contributed by atoms with E-state index >= 15 is 0 Å². The molecule has 0 saturated heterocycles. The molecule has 0 aliphatic rings. The average Bonchev–Trinajstić information content (AvgIpc) is 2.75. The van der Waals surface area contributed by atoms with E-state index in [2.05, 4.69) is 48.1 Å². The molecule has 88 valence electrons. The van der Waals surface area contributed by atoms with Crippen LogP contribution in [0.2, 0.25) is 0 Å². The molecule has 17 heavy (non-hydrogen) atoms. The van der Waals surface area contributed by atoms with Crippen LogP contribution in [-0.4, -0.2) is 9.55 Å². The first-order valence-corrected chi connectivity index (χ1v) is 5.71. The fourth-order valence-corrected chi connectivity index (χ4v) is 1.77. The van der Waals surface area contributed by atoms with E-state index in [1.807, 2.05) is 16.8 Å². The molecule has 3 heteroatoms. The van der Waals surface area contributed by atoms with E-state index in [0.29, 0.717) is 0 Å². The third-order valence-electron chi connectivity index (χ3n) is 2.57. The van der Waals surface area contributed by atoms with Gasteiger partial charge in [0.15, 0.2) is 0 Å². The molecule has 0 unspecified atom stereocenters. The molecule has 0 aliphatic heterocycles. The van der Waals surface area contributed by atoms with Crippen LogP contribution in [0.4, 0.5) is 5.95 Å². The Bertz CT molecular complexity index is 500. The summed E-state index contributed by atoms with van der Waals surface area (Å²) in [5.74, 6) is 0.881. The van der Waals surface area contributed by atoms with Crippen molar-refractivity contribution in [2.45, 2.75) is 20.0 Å². The van der Waals surface area contributed by atoms with E-state index in [-0.39, 0.29) is 0 Å². The van der Waals surface area contributed by atoms with Crippen LogP contribution in [0.3, 0.4) is 0 Å². The van der Waals surface area contributed by atoms with Gasteiger partial charge in [-0.05, 0) is 12.5 Å². The predicted octanol–water partition coefficient (Wildman–Crippen LogP) is 2.99. The molecule has 2 aromatic rings. The number of hydrogen-bond donors (Lipinski definition) is 1. The van der Waals surface area contributed by atoms with Crippen molar-refractivity contribution < 1.29 is 0 Å². The number of imidazole rings is 1. The van der Waals surface area contributed by atoms with E-state index < -0.39 is 0 Å². The van der Waals surface area contributed by atoms with Crippen molar-refractivity contribution in [3.05, 3.63) is 60.4 Å². The highest BCUT2D eigenvalue weighted by molar-refractivity contribution is 5.30. The van der Waals surface area contributed by atoms with Gasteiger partial charge < -0.3 is 9.88 Å². The van der Waals surface area contributed by atoms with E-state index in [1.54, 1.807) is 6.20 Å². The Balaban J connectivity index is 2.02. The Morgan fingerprint density at radius 3 is 3.12 bits per heavy atom. The topological polar surface area (TPSA) is 29.9 Å². The van der Waals surface area contributed by atoms with Gasteiger partial charge in [-0.1, -0.05) is 35.9 Å². The number of rotatable bonds is 5. The smallest absolute Gasteiger partial charge is 0.203 e. The molecule has 1 aromatic carbocycles. The molecule has 1 aromatic heterocycles. The molecule has 0 bridgehead atoms. The number of nitrogens with one attached hydrogen (secondary N) is 1. The summed E-state index contributed by atoms with van der Waals surface area (Å²) in [6.07, 6.45) is 5.60. The molecule has 0 radical (unpaired) electrons. The number of allylic oxidation sites excluding steroid dienone is 1. The average molecular weight is 227 g/mol. The van der Waals surface area contributed by atoms with E-state index in [1.165, 1.54) is 11.1 Å². The second-order valence-electron chi connectivity index (χ2n) is 4.03. The third kappa shape index (κ3) is 2.97. The lowest BCUT2D eigenvalue weighted by molar-refractivity contribution is 0.820. The van der Waals surface area contributed by atoms with Crippen LogP contribution >= 0.6 is 0 Å². The zero-order chi connectivity index (χ0) is 12.1. The van der Waals surface area contributed by atoms with Crippen molar-refractivity contribution in [2.75, 3.05) is 5.32 Å². The van der Waals surface area contributed by atoms with Gasteiger partial charge in [-0.2, -0.15) is 0 Å². The molecule has 1 heterocycles. The maximum atomic E-state index is 4.28. The summed E-state index contributed by atoms with van der Waals surface area (Å²) in [6.45, 7) is 7.39. The summed E-state index contributed by atoms with van der Waals surface area (Å²) in [4.78, 5) is 4.28. The SMILES string of the molecule is C=CCn1ccnc1NCc1cccc(C)c1. The number of benzene rings is 1. The molecule has 0 spiro atoms. The van der Waals surface area contributed by atoms with Gasteiger partial charge in [0.1, 0.15) is 0 Å². The lowest BCUT2D eigenvalue weighted by atomic mass is 10.1. The molecule has 0 saturated carbocycles. The highest BCUT2D eigenvalue weighted by Crippen LogP contribution is 2.09. The minimum atomic E-state index is 0.774. The van der Waals surface area contributed by atoms with Crippen molar-refractivity contribution in [3.8, 4) is 0 Å². The molecule has 1 N–H and O–H groups in total. The van der Waals surface area contributed by atoms with Crippen LogP contribution in [0.1, 0.15) is 11.1 Å². The number of nitrogens with zero attached hydrogens (tertiary/aromatic N) is 2. The summed E-state index contributed by atoms with van der Waals surface area (Å²) in [6, 6.07) is 8.46. The second-order valence-corrected chi connectivity index (χ2v) is 4.03. The predicted molar refractivity (Wildman–Crippen MR) is 70.9 cm³/mol. The quantitative estimate of drug-likeness (QED) is 0.796. The Kier molecular flexibility index (Phi) is 3.60. The summed E-state index contributed by atoms with van der Waals surface area (Å²) < 4.78 is 2.03. The molecular formula is C14H17N3. The van der Waals surface area contributed by atoms with Gasteiger partial charge in [0.2, 0.25) is 5.95 Å². The Morgan fingerprint density at radius 2 is 2.35 bits per heavy atom. The van der Waals surface area contributed by atoms with Gasteiger partial charge in [-0.3, -0.25) is 0 Å². The van der Waals surface area contributed by atoms with E-state index in [0.717, 1.165) is 19.0 Å². The first-order chi connectivity index (χ1) is 8.29. The fraction of sp³-hybridized carbons (Fsp3) is 0.214. The zero-order valence-corrected chi connectivity index (χ0v) is 10.1. The minimum absolute atomic E-state index is 0.774. The summed E-state index contributed by atoms with van der Waals surface area (Å²) in [5.41, 5.74) is 2.54. The second kappa shape index (κ2) is 5.34. The van der Waals surface area contributed by atoms with Gasteiger partial charge in [-0.25, -0.2) is 4.98 Å². The number of anilines is 1. The maximum Gasteiger partial charge on any atom is 0.203 e. The molecule has 0 atom stereocenters. The van der Waals surface area contributed by atoms with Crippen LogP contribution < -0.4 is 5.32 Å². The van der Waals surface area contributed by atoms with Crippen molar-refractivity contribution in [2.24, 2.45) is 0 Å². The molecule has 2 rings (SSSR count). The highest BCUT2D eigenvalue weighted by Gasteiger charge is 2.00. The van der Waals surface area contributed by atoms with Gasteiger partial charge in [0.05, 0.1) is 0 Å². The van der Waals surface area contributed by atoms with Gasteiger partial charge >= 0.3 is 0 Å². The van der Waals surface area contributed by atoms with Crippen molar-refractivity contribution in [1.29, 1.82) is 0 Å². The minimum Gasteiger partial charge on any atom is -0.352 e. The van der Waals surface area contributed by atoms with Crippen LogP contribution in [0.25, 0.3) is 0 Å². The van der Waals surface area contributed by atoms with Crippen LogP contribution in [0, 0.1) is 6.92 Å². The zero-order valence-electron chi connectivity index (χ0n) is 10.1. The summed E-state index contributed by atoms with van der Waals surface area (Å²) in [5, 5.41) is 3.33. The lowest BCUT2D eigenvalue weighted by Gasteiger charge is -2.08. The molecule has 3 nitrogen and oxygen atoms in total. The fourth-order valence-electron chi connectivity index (χ4n) is 1.77. The Morgan fingerprint density at radius 1 is 1.47 bits per heavy atom. The van der Waals surface area contributed by atoms with Crippen LogP contribution in [-0.2, 0) is 13.1 Å². The normalized spacial score (nSPS) is 10.2. The van der Waals surface area contributed by atoms with Crippen molar-refractivity contribution >= 4 is 5.95 Å². The first-order valence-electron chi connectivity index (χ1n) is 5.71. The van der Waals surface area contributed by atoms with E-state index in [4.69, 9.17) is 0 Å². The van der Waals surface area contributed by atoms with Gasteiger partial charge in [0.25, 0.3) is 0 Å². The number of hydrogen-bond acceptors (Lipinski definition) is 2. The lowest BCUT2D eigenvalue weighted by Crippen LogP contribution is -2.06. The maximum absolute atomic E-state index is 4.28. The molecular weight excluding hydrogens is 210 g/mol. The molecule has 0 aliphatic carbocycles. The van der Waals surface area contributed by atoms with Gasteiger partial charge in [0, 0.05) is 25.5 Å². The molecule has 0 amide bonds. The largest absolute Gasteiger partial charge is 0.352 e. The van der Waals surface area contributed by atoms with Crippen LogP contribution in [0.15, 0.2) is 49.3 Å². The monoisotopic (exact) mass is 227 g/mol. The number of aromatic nitrogens is 2. The van der Waals surface area contributed by atoms with Crippen molar-refractivity contribution in [3.63, 3.8) is 0 Å². The summed E-state index contributed by atoms with van der Waals surface area (Å²) >= 11 is 0. The standard InChI is InChI=1S/C14H17N3/c1-3-8-17-9-7-15-14(17)16-11-13-6-4-5-12(2)10-13/h3-7,9-10H,1,8,11H2,2H3,(H,15,16).